The quantitative estimate of drug-likeness (QED) is 0.630. The van der Waals surface area contributed by atoms with Gasteiger partial charge in [-0.3, -0.25) is 4.79 Å². The summed E-state index contributed by atoms with van der Waals surface area (Å²) in [6.45, 7) is 1.48. The summed E-state index contributed by atoms with van der Waals surface area (Å²) in [6.07, 6.45) is 0. The van der Waals surface area contributed by atoms with Crippen LogP contribution in [0.1, 0.15) is 17.3 Å². The van der Waals surface area contributed by atoms with Crippen molar-refractivity contribution in [3.05, 3.63) is 40.2 Å². The van der Waals surface area contributed by atoms with Gasteiger partial charge in [0.1, 0.15) is 11.1 Å². The number of para-hydroxylation sites is 1. The van der Waals surface area contributed by atoms with Crippen molar-refractivity contribution >= 4 is 22.4 Å². The third-order valence-electron chi connectivity index (χ3n) is 2.58. The second kappa shape index (κ2) is 5.01. The number of hydrogen-bond donors (Lipinski definition) is 2. The highest BCUT2D eigenvalue weighted by atomic mass is 16.4. The molecular formula is C13H13NO4. The first-order valence-corrected chi connectivity index (χ1v) is 5.56. The van der Waals surface area contributed by atoms with Gasteiger partial charge in [-0.05, 0) is 19.1 Å². The number of aliphatic hydroxyl groups is 1. The third kappa shape index (κ3) is 2.12. The Bertz CT molecular complexity index is 645. The Balaban J connectivity index is 2.76. The Labute approximate surface area is 103 Å². The van der Waals surface area contributed by atoms with Gasteiger partial charge in [-0.2, -0.15) is 0 Å². The molecule has 2 N–H and O–H groups in total. The SMILES string of the molecule is CC(=O)c1c(NCCO)c2ccccc2oc1=O. The molecule has 0 radical (unpaired) electrons. The molecule has 0 aliphatic heterocycles. The maximum absolute atomic E-state index is 11.8. The molecule has 0 bridgehead atoms. The van der Waals surface area contributed by atoms with Crippen LogP contribution in [0.3, 0.4) is 0 Å². The van der Waals surface area contributed by atoms with Gasteiger partial charge in [0, 0.05) is 11.9 Å². The molecule has 0 saturated carbocycles. The van der Waals surface area contributed by atoms with Crippen LogP contribution in [0.2, 0.25) is 0 Å². The number of Topliss-reactive ketones (excluding diaryl/α,β-unsaturated/α-hetero) is 1. The van der Waals surface area contributed by atoms with E-state index in [0.717, 1.165) is 0 Å². The summed E-state index contributed by atoms with van der Waals surface area (Å²) in [4.78, 5) is 23.3. The van der Waals surface area contributed by atoms with Gasteiger partial charge in [-0.25, -0.2) is 4.79 Å². The monoisotopic (exact) mass is 247 g/mol. The molecule has 0 fully saturated rings. The Morgan fingerprint density at radius 1 is 1.39 bits per heavy atom. The second-order valence-electron chi connectivity index (χ2n) is 3.84. The highest BCUT2D eigenvalue weighted by Gasteiger charge is 2.17. The average molecular weight is 247 g/mol. The number of ketones is 1. The highest BCUT2D eigenvalue weighted by Crippen LogP contribution is 2.25. The van der Waals surface area contributed by atoms with Crippen LogP contribution < -0.4 is 10.9 Å². The van der Waals surface area contributed by atoms with Crippen LogP contribution in [-0.2, 0) is 0 Å². The van der Waals surface area contributed by atoms with Gasteiger partial charge < -0.3 is 14.8 Å². The van der Waals surface area contributed by atoms with Crippen molar-refractivity contribution in [2.75, 3.05) is 18.5 Å². The Morgan fingerprint density at radius 3 is 2.78 bits per heavy atom. The molecule has 2 aromatic rings. The summed E-state index contributed by atoms with van der Waals surface area (Å²) in [5.74, 6) is -0.366. The van der Waals surface area contributed by atoms with E-state index in [9.17, 15) is 9.59 Å². The van der Waals surface area contributed by atoms with Crippen LogP contribution in [0.25, 0.3) is 11.0 Å². The van der Waals surface area contributed by atoms with Crippen LogP contribution in [0, 0.1) is 0 Å². The van der Waals surface area contributed by atoms with E-state index in [0.29, 0.717) is 16.7 Å². The number of benzene rings is 1. The minimum Gasteiger partial charge on any atom is -0.422 e. The molecule has 0 saturated heterocycles. The van der Waals surface area contributed by atoms with Crippen molar-refractivity contribution in [1.82, 2.24) is 0 Å². The molecule has 0 unspecified atom stereocenters. The van der Waals surface area contributed by atoms with E-state index in [1.54, 1.807) is 24.3 Å². The molecule has 0 aliphatic carbocycles. The number of fused-ring (bicyclic) bond motifs is 1. The zero-order chi connectivity index (χ0) is 13.1. The zero-order valence-electron chi connectivity index (χ0n) is 9.90. The maximum Gasteiger partial charge on any atom is 0.349 e. The molecule has 18 heavy (non-hydrogen) atoms. The molecule has 0 aliphatic rings. The molecule has 1 aromatic heterocycles. The van der Waals surface area contributed by atoms with E-state index >= 15 is 0 Å². The number of carbonyl (C=O) groups is 1. The van der Waals surface area contributed by atoms with Crippen molar-refractivity contribution in [1.29, 1.82) is 0 Å². The van der Waals surface area contributed by atoms with E-state index in [2.05, 4.69) is 5.32 Å². The van der Waals surface area contributed by atoms with Crippen molar-refractivity contribution in [2.24, 2.45) is 0 Å². The summed E-state index contributed by atoms with van der Waals surface area (Å²) in [7, 11) is 0. The lowest BCUT2D eigenvalue weighted by molar-refractivity contribution is 0.101. The van der Waals surface area contributed by atoms with Crippen LogP contribution in [-0.4, -0.2) is 24.0 Å². The van der Waals surface area contributed by atoms with Crippen molar-refractivity contribution in [2.45, 2.75) is 6.92 Å². The fraction of sp³-hybridized carbons (Fsp3) is 0.231. The van der Waals surface area contributed by atoms with Crippen molar-refractivity contribution in [3.63, 3.8) is 0 Å². The molecule has 0 amide bonds. The van der Waals surface area contributed by atoms with Gasteiger partial charge >= 0.3 is 5.63 Å². The van der Waals surface area contributed by atoms with Crippen molar-refractivity contribution in [3.8, 4) is 0 Å². The highest BCUT2D eigenvalue weighted by molar-refractivity contribution is 6.06. The molecular weight excluding hydrogens is 234 g/mol. The zero-order valence-corrected chi connectivity index (χ0v) is 9.90. The smallest absolute Gasteiger partial charge is 0.349 e. The predicted octanol–water partition coefficient (Wildman–Crippen LogP) is 1.40. The molecule has 0 spiro atoms. The van der Waals surface area contributed by atoms with E-state index in [-0.39, 0.29) is 24.5 Å². The van der Waals surface area contributed by atoms with Crippen LogP contribution in [0.5, 0.6) is 0 Å². The van der Waals surface area contributed by atoms with Gasteiger partial charge in [-0.15, -0.1) is 0 Å². The fourth-order valence-electron chi connectivity index (χ4n) is 1.83. The van der Waals surface area contributed by atoms with E-state index in [4.69, 9.17) is 9.52 Å². The molecule has 1 aromatic carbocycles. The van der Waals surface area contributed by atoms with Gasteiger partial charge in [0.15, 0.2) is 5.78 Å². The normalized spacial score (nSPS) is 10.6. The molecule has 0 atom stereocenters. The first kappa shape index (κ1) is 12.3. The summed E-state index contributed by atoms with van der Waals surface area (Å²) >= 11 is 0. The fourth-order valence-corrected chi connectivity index (χ4v) is 1.83. The van der Waals surface area contributed by atoms with E-state index in [1.165, 1.54) is 6.92 Å². The minimum atomic E-state index is -0.665. The van der Waals surface area contributed by atoms with Gasteiger partial charge in [0.25, 0.3) is 0 Å². The van der Waals surface area contributed by atoms with E-state index in [1.807, 2.05) is 0 Å². The molecule has 94 valence electrons. The van der Waals surface area contributed by atoms with Gasteiger partial charge in [0.2, 0.25) is 0 Å². The lowest BCUT2D eigenvalue weighted by Gasteiger charge is -2.10. The second-order valence-corrected chi connectivity index (χ2v) is 3.84. The summed E-state index contributed by atoms with van der Waals surface area (Å²) < 4.78 is 5.10. The largest absolute Gasteiger partial charge is 0.422 e. The predicted molar refractivity (Wildman–Crippen MR) is 68.1 cm³/mol. The van der Waals surface area contributed by atoms with Gasteiger partial charge in [-0.1, -0.05) is 12.1 Å². The third-order valence-corrected chi connectivity index (χ3v) is 2.58. The number of carbonyl (C=O) groups excluding carboxylic acids is 1. The summed E-state index contributed by atoms with van der Waals surface area (Å²) in [5, 5.41) is 12.4. The summed E-state index contributed by atoms with van der Waals surface area (Å²) in [6, 6.07) is 6.94. The molecule has 2 rings (SSSR count). The topological polar surface area (TPSA) is 79.5 Å². The maximum atomic E-state index is 11.8. The van der Waals surface area contributed by atoms with Crippen LogP contribution in [0.15, 0.2) is 33.5 Å². The number of nitrogens with one attached hydrogen (secondary N) is 1. The minimum absolute atomic E-state index is 0.0119. The molecule has 1 heterocycles. The first-order chi connectivity index (χ1) is 8.65. The summed E-state index contributed by atoms with van der Waals surface area (Å²) in [5.41, 5.74) is 0.153. The number of aliphatic hydroxyl groups excluding tert-OH is 1. The van der Waals surface area contributed by atoms with E-state index < -0.39 is 5.63 Å². The number of hydrogen-bond acceptors (Lipinski definition) is 5. The first-order valence-electron chi connectivity index (χ1n) is 5.56. The van der Waals surface area contributed by atoms with Crippen LogP contribution in [0.4, 0.5) is 5.69 Å². The lowest BCUT2D eigenvalue weighted by Crippen LogP contribution is -2.18. The van der Waals surface area contributed by atoms with Crippen molar-refractivity contribution < 1.29 is 14.3 Å². The van der Waals surface area contributed by atoms with Crippen LogP contribution >= 0.6 is 0 Å². The average Bonchev–Trinajstić information content (AvgIpc) is 2.34. The number of anilines is 1. The van der Waals surface area contributed by atoms with Gasteiger partial charge in [0.05, 0.1) is 12.3 Å². The standard InChI is InChI=1S/C13H13NO4/c1-8(16)11-12(14-6-7-15)9-4-2-3-5-10(9)18-13(11)17/h2-5,14-15H,6-7H2,1H3. The Hall–Kier alpha value is -2.14. The number of rotatable bonds is 4. The molecule has 5 heteroatoms. The lowest BCUT2D eigenvalue weighted by atomic mass is 10.1. The molecule has 5 nitrogen and oxygen atoms in total. The Kier molecular flexibility index (Phi) is 3.43. The Morgan fingerprint density at radius 2 is 2.11 bits per heavy atom.